The van der Waals surface area contributed by atoms with Crippen molar-refractivity contribution >= 4 is 6.09 Å². The molecular weight excluding hydrogens is 336 g/mol. The summed E-state index contributed by atoms with van der Waals surface area (Å²) in [7, 11) is 4.62. The summed E-state index contributed by atoms with van der Waals surface area (Å²) in [6.07, 6.45) is 7.25. The molecule has 144 valence electrons. The Kier molecular flexibility index (Phi) is 7.59. The van der Waals surface area contributed by atoms with Gasteiger partial charge in [0.2, 0.25) is 5.75 Å². The maximum Gasteiger partial charge on any atom is 0.407 e. The minimum atomic E-state index is -0.483. The summed E-state index contributed by atoms with van der Waals surface area (Å²) >= 11 is 0. The molecule has 26 heavy (non-hydrogen) atoms. The maximum atomic E-state index is 12.2. The van der Waals surface area contributed by atoms with E-state index in [4.69, 9.17) is 24.7 Å². The van der Waals surface area contributed by atoms with Crippen LogP contribution >= 0.6 is 0 Å². The van der Waals surface area contributed by atoms with Gasteiger partial charge in [-0.15, -0.1) is 0 Å². The van der Waals surface area contributed by atoms with Crippen LogP contribution in [0.3, 0.4) is 0 Å². The number of allylic oxidation sites excluding steroid dienone is 2. The molecular formula is C19H28N2O5. The lowest BCUT2D eigenvalue weighted by Crippen LogP contribution is -2.47. The fourth-order valence-corrected chi connectivity index (χ4v) is 2.96. The molecule has 1 aliphatic carbocycles. The summed E-state index contributed by atoms with van der Waals surface area (Å²) in [4.78, 5) is 12.2. The third-order valence-electron chi connectivity index (χ3n) is 4.39. The van der Waals surface area contributed by atoms with Crippen LogP contribution in [0.4, 0.5) is 4.79 Å². The molecule has 1 aliphatic rings. The molecule has 2 rings (SSSR count). The number of benzene rings is 1. The lowest BCUT2D eigenvalue weighted by atomic mass is 9.96. The molecule has 0 heterocycles. The third kappa shape index (κ3) is 5.29. The number of nitrogens with one attached hydrogen (secondary N) is 1. The molecule has 7 nitrogen and oxygen atoms in total. The van der Waals surface area contributed by atoms with Gasteiger partial charge in [0.05, 0.1) is 21.3 Å². The first kappa shape index (κ1) is 19.9. The van der Waals surface area contributed by atoms with Crippen molar-refractivity contribution in [1.82, 2.24) is 5.32 Å². The van der Waals surface area contributed by atoms with Gasteiger partial charge in [-0.1, -0.05) is 12.2 Å². The van der Waals surface area contributed by atoms with Crippen molar-refractivity contribution in [2.24, 2.45) is 5.73 Å². The van der Waals surface area contributed by atoms with E-state index in [2.05, 4.69) is 17.5 Å². The van der Waals surface area contributed by atoms with Crippen molar-refractivity contribution in [3.63, 3.8) is 0 Å². The first-order valence-corrected chi connectivity index (χ1v) is 8.71. The Labute approximate surface area is 154 Å². The van der Waals surface area contributed by atoms with Crippen molar-refractivity contribution < 1.29 is 23.7 Å². The van der Waals surface area contributed by atoms with E-state index in [1.165, 1.54) is 7.11 Å². The largest absolute Gasteiger partial charge is 0.493 e. The van der Waals surface area contributed by atoms with Crippen molar-refractivity contribution in [3.8, 4) is 17.2 Å². The van der Waals surface area contributed by atoms with Crippen LogP contribution in [0.15, 0.2) is 24.3 Å². The van der Waals surface area contributed by atoms with Crippen LogP contribution in [-0.2, 0) is 11.3 Å². The Balaban J connectivity index is 1.97. The summed E-state index contributed by atoms with van der Waals surface area (Å²) < 4.78 is 21.2. The molecule has 0 radical (unpaired) electrons. The van der Waals surface area contributed by atoms with E-state index in [9.17, 15) is 4.79 Å². The van der Waals surface area contributed by atoms with Crippen LogP contribution < -0.4 is 25.3 Å². The molecule has 0 spiro atoms. The number of hydrogen-bond donors (Lipinski definition) is 2. The molecule has 0 bridgehead atoms. The summed E-state index contributed by atoms with van der Waals surface area (Å²) in [5.41, 5.74) is 6.90. The van der Waals surface area contributed by atoms with Gasteiger partial charge in [0.1, 0.15) is 6.61 Å². The number of carbonyl (C=O) groups is 1. The van der Waals surface area contributed by atoms with Crippen LogP contribution in [0.5, 0.6) is 17.2 Å². The SMILES string of the molecule is COc1cc(COC(=O)NC2CC/C=C/CC[C@@H]2N)cc(OC)c1OC. The fraction of sp³-hybridized carbons (Fsp3) is 0.526. The van der Waals surface area contributed by atoms with Crippen LogP contribution in [0.1, 0.15) is 31.2 Å². The van der Waals surface area contributed by atoms with Crippen LogP contribution in [0.25, 0.3) is 0 Å². The molecule has 0 saturated heterocycles. The van der Waals surface area contributed by atoms with Gasteiger partial charge in [-0.25, -0.2) is 4.79 Å². The van der Waals surface area contributed by atoms with E-state index < -0.39 is 6.09 Å². The van der Waals surface area contributed by atoms with Gasteiger partial charge >= 0.3 is 6.09 Å². The average Bonchev–Trinajstić information content (AvgIpc) is 2.65. The molecule has 2 atom stereocenters. The van der Waals surface area contributed by atoms with Crippen LogP contribution in [0, 0.1) is 0 Å². The Morgan fingerprint density at radius 2 is 1.69 bits per heavy atom. The highest BCUT2D eigenvalue weighted by molar-refractivity contribution is 5.67. The number of hydrogen-bond acceptors (Lipinski definition) is 6. The Bertz CT molecular complexity index is 607. The molecule has 7 heteroatoms. The zero-order valence-corrected chi connectivity index (χ0v) is 15.6. The fourth-order valence-electron chi connectivity index (χ4n) is 2.96. The molecule has 0 fully saturated rings. The predicted octanol–water partition coefficient (Wildman–Crippen LogP) is 2.76. The van der Waals surface area contributed by atoms with Gasteiger partial charge in [-0.3, -0.25) is 0 Å². The van der Waals surface area contributed by atoms with Crippen LogP contribution in [0.2, 0.25) is 0 Å². The lowest BCUT2D eigenvalue weighted by molar-refractivity contribution is 0.132. The Hall–Kier alpha value is -2.41. The van der Waals surface area contributed by atoms with E-state index in [1.807, 2.05) is 0 Å². The number of carbonyl (C=O) groups excluding carboxylic acids is 1. The van der Waals surface area contributed by atoms with E-state index in [0.717, 1.165) is 31.2 Å². The van der Waals surface area contributed by atoms with Crippen molar-refractivity contribution in [1.29, 1.82) is 0 Å². The normalized spacial score (nSPS) is 21.1. The zero-order chi connectivity index (χ0) is 18.9. The second kappa shape index (κ2) is 9.91. The number of methoxy groups -OCH3 is 3. The van der Waals surface area contributed by atoms with Gasteiger partial charge in [0.25, 0.3) is 0 Å². The van der Waals surface area contributed by atoms with Gasteiger partial charge in [0.15, 0.2) is 11.5 Å². The van der Waals surface area contributed by atoms with Crippen molar-refractivity contribution in [2.75, 3.05) is 21.3 Å². The highest BCUT2D eigenvalue weighted by Crippen LogP contribution is 2.38. The standard InChI is InChI=1S/C19H28N2O5/c1-23-16-10-13(11-17(24-2)18(16)25-3)12-26-19(22)21-15-9-7-5-4-6-8-14(15)20/h4-5,10-11,14-15H,6-9,12,20H2,1-3H3,(H,21,22)/b5-4+/t14-,15?/m0/s1. The molecule has 0 aliphatic heterocycles. The van der Waals surface area contributed by atoms with E-state index in [0.29, 0.717) is 17.2 Å². The molecule has 3 N–H and O–H groups in total. The van der Waals surface area contributed by atoms with Gasteiger partial charge in [0, 0.05) is 12.1 Å². The first-order valence-electron chi connectivity index (χ1n) is 8.71. The second-order valence-electron chi connectivity index (χ2n) is 6.15. The third-order valence-corrected chi connectivity index (χ3v) is 4.39. The highest BCUT2D eigenvalue weighted by Gasteiger charge is 2.21. The minimum Gasteiger partial charge on any atom is -0.493 e. The number of rotatable bonds is 6. The van der Waals surface area contributed by atoms with E-state index in [1.54, 1.807) is 26.4 Å². The molecule has 1 aromatic rings. The molecule has 0 saturated carbocycles. The van der Waals surface area contributed by atoms with Crippen molar-refractivity contribution in [2.45, 2.75) is 44.4 Å². The minimum absolute atomic E-state index is 0.0753. The van der Waals surface area contributed by atoms with E-state index in [-0.39, 0.29) is 18.7 Å². The van der Waals surface area contributed by atoms with Gasteiger partial charge in [-0.2, -0.15) is 0 Å². The smallest absolute Gasteiger partial charge is 0.407 e. The molecule has 1 aromatic carbocycles. The Morgan fingerprint density at radius 3 is 2.27 bits per heavy atom. The molecule has 1 amide bonds. The van der Waals surface area contributed by atoms with Crippen LogP contribution in [-0.4, -0.2) is 39.5 Å². The number of ether oxygens (including phenoxy) is 4. The van der Waals surface area contributed by atoms with E-state index >= 15 is 0 Å². The molecule has 1 unspecified atom stereocenters. The number of amides is 1. The maximum absolute atomic E-state index is 12.2. The van der Waals surface area contributed by atoms with Crippen molar-refractivity contribution in [3.05, 3.63) is 29.8 Å². The second-order valence-corrected chi connectivity index (χ2v) is 6.15. The zero-order valence-electron chi connectivity index (χ0n) is 15.6. The summed E-state index contributed by atoms with van der Waals surface area (Å²) in [6.45, 7) is 0.0877. The highest BCUT2D eigenvalue weighted by atomic mass is 16.5. The molecule has 0 aromatic heterocycles. The number of alkyl carbamates (subject to hydrolysis) is 1. The summed E-state index contributed by atoms with van der Waals surface area (Å²) in [5, 5.41) is 2.88. The Morgan fingerprint density at radius 1 is 1.08 bits per heavy atom. The summed E-state index contributed by atoms with van der Waals surface area (Å²) in [5.74, 6) is 1.52. The topological polar surface area (TPSA) is 92.0 Å². The van der Waals surface area contributed by atoms with Gasteiger partial charge in [-0.05, 0) is 43.4 Å². The van der Waals surface area contributed by atoms with Gasteiger partial charge < -0.3 is 30.0 Å². The lowest BCUT2D eigenvalue weighted by Gasteiger charge is -2.25. The summed E-state index contributed by atoms with van der Waals surface area (Å²) in [6, 6.07) is 3.34. The monoisotopic (exact) mass is 364 g/mol. The predicted molar refractivity (Wildman–Crippen MR) is 98.8 cm³/mol. The first-order chi connectivity index (χ1) is 12.6. The average molecular weight is 364 g/mol. The number of nitrogens with two attached hydrogens (primary N) is 1. The quantitative estimate of drug-likeness (QED) is 0.754.